The lowest BCUT2D eigenvalue weighted by Gasteiger charge is -2.27. The molecule has 3 atom stereocenters. The number of carbonyl (C=O) groups excluding carboxylic acids is 2. The van der Waals surface area contributed by atoms with Crippen LogP contribution in [0.15, 0.2) is 30.3 Å². The van der Waals surface area contributed by atoms with Crippen molar-refractivity contribution in [2.75, 3.05) is 20.3 Å². The van der Waals surface area contributed by atoms with Gasteiger partial charge in [-0.15, -0.1) is 0 Å². The first kappa shape index (κ1) is 16.5. The van der Waals surface area contributed by atoms with Gasteiger partial charge in [0.25, 0.3) is 0 Å². The smallest absolute Gasteiger partial charge is 0.314 e. The number of esters is 1. The molecule has 0 aliphatic carbocycles. The molecule has 22 heavy (non-hydrogen) atoms. The maximum atomic E-state index is 12.8. The summed E-state index contributed by atoms with van der Waals surface area (Å²) in [4.78, 5) is 26.7. The number of hydrogen-bond acceptors (Lipinski definition) is 4. The zero-order valence-corrected chi connectivity index (χ0v) is 13.3. The highest BCUT2D eigenvalue weighted by Gasteiger charge is 2.55. The van der Waals surface area contributed by atoms with E-state index in [0.717, 1.165) is 5.56 Å². The Bertz CT molecular complexity index is 545. The van der Waals surface area contributed by atoms with E-state index in [4.69, 9.17) is 4.74 Å². The molecule has 1 aliphatic rings. The fraction of sp³-hybridized carbons (Fsp3) is 0.529. The van der Waals surface area contributed by atoms with Crippen molar-refractivity contribution in [1.29, 1.82) is 0 Å². The van der Waals surface area contributed by atoms with Crippen LogP contribution in [0.2, 0.25) is 0 Å². The largest absolute Gasteiger partial charge is 0.469 e. The van der Waals surface area contributed by atoms with Gasteiger partial charge in [-0.3, -0.25) is 9.59 Å². The van der Waals surface area contributed by atoms with Crippen molar-refractivity contribution in [3.05, 3.63) is 35.9 Å². The van der Waals surface area contributed by atoms with Gasteiger partial charge in [-0.1, -0.05) is 30.3 Å². The summed E-state index contributed by atoms with van der Waals surface area (Å²) in [6.45, 7) is 3.87. The van der Waals surface area contributed by atoms with Crippen molar-refractivity contribution in [1.82, 2.24) is 4.90 Å². The number of aliphatic hydroxyl groups is 1. The van der Waals surface area contributed by atoms with Crippen molar-refractivity contribution in [2.24, 2.45) is 11.3 Å². The first-order valence-corrected chi connectivity index (χ1v) is 7.50. The second-order valence-corrected chi connectivity index (χ2v) is 6.03. The molecule has 1 amide bonds. The summed E-state index contributed by atoms with van der Waals surface area (Å²) in [5.41, 5.74) is 0.102. The second kappa shape index (κ2) is 6.48. The van der Waals surface area contributed by atoms with Crippen molar-refractivity contribution in [3.8, 4) is 0 Å². The maximum Gasteiger partial charge on any atom is 0.314 e. The van der Waals surface area contributed by atoms with Gasteiger partial charge in [0, 0.05) is 13.2 Å². The molecule has 0 radical (unpaired) electrons. The van der Waals surface area contributed by atoms with Crippen molar-refractivity contribution >= 4 is 11.9 Å². The van der Waals surface area contributed by atoms with Gasteiger partial charge in [0.2, 0.25) is 5.91 Å². The Labute approximate surface area is 130 Å². The minimum absolute atomic E-state index is 0.0988. The zero-order chi connectivity index (χ0) is 16.3. The zero-order valence-electron chi connectivity index (χ0n) is 13.3. The van der Waals surface area contributed by atoms with Crippen molar-refractivity contribution in [3.63, 3.8) is 0 Å². The predicted octanol–water partition coefficient (Wildman–Crippen LogP) is 1.77. The number of aliphatic hydroxyl groups excluding tert-OH is 1. The average Bonchev–Trinajstić information content (AvgIpc) is 2.80. The normalized spacial score (nSPS) is 26.1. The highest BCUT2D eigenvalue weighted by molar-refractivity contribution is 5.92. The lowest BCUT2D eigenvalue weighted by molar-refractivity contribution is -0.154. The van der Waals surface area contributed by atoms with Crippen LogP contribution in [0.3, 0.4) is 0 Å². The number of methoxy groups -OCH3 is 1. The standard InChI is InChI=1S/C17H23NO4/c1-12(13-7-5-4-6-8-13)18-11-17(2,16(21)22-3)14(9-10-19)15(18)20/h4-8,12,14,19H,9-11H2,1-3H3/t12-,14?,17-/m1/s1. The summed E-state index contributed by atoms with van der Waals surface area (Å²) in [6, 6.07) is 9.59. The molecule has 1 aromatic carbocycles. The SMILES string of the molecule is COC(=O)[C@]1(C)CN([C@H](C)c2ccccc2)C(=O)C1CCO. The Morgan fingerprint density at radius 1 is 1.45 bits per heavy atom. The molecule has 1 fully saturated rings. The van der Waals surface area contributed by atoms with Gasteiger partial charge in [-0.05, 0) is 25.8 Å². The molecule has 1 saturated heterocycles. The van der Waals surface area contributed by atoms with Crippen LogP contribution in [0.4, 0.5) is 0 Å². The van der Waals surface area contributed by atoms with Crippen LogP contribution in [0.5, 0.6) is 0 Å². The monoisotopic (exact) mass is 305 g/mol. The van der Waals surface area contributed by atoms with Crippen molar-refractivity contribution < 1.29 is 19.4 Å². The molecule has 0 bridgehead atoms. The van der Waals surface area contributed by atoms with E-state index in [1.807, 2.05) is 37.3 Å². The molecular weight excluding hydrogens is 282 g/mol. The topological polar surface area (TPSA) is 66.8 Å². The number of amides is 1. The van der Waals surface area contributed by atoms with E-state index in [2.05, 4.69) is 0 Å². The van der Waals surface area contributed by atoms with Gasteiger partial charge in [0.15, 0.2) is 0 Å². The Balaban J connectivity index is 2.31. The van der Waals surface area contributed by atoms with E-state index in [0.29, 0.717) is 6.54 Å². The quantitative estimate of drug-likeness (QED) is 0.842. The maximum absolute atomic E-state index is 12.8. The van der Waals surface area contributed by atoms with Crippen LogP contribution in [-0.4, -0.2) is 42.1 Å². The second-order valence-electron chi connectivity index (χ2n) is 6.03. The van der Waals surface area contributed by atoms with E-state index in [9.17, 15) is 14.7 Å². The van der Waals surface area contributed by atoms with Gasteiger partial charge in [-0.2, -0.15) is 0 Å². The summed E-state index contributed by atoms with van der Waals surface area (Å²) in [7, 11) is 1.33. The van der Waals surface area contributed by atoms with Crippen LogP contribution >= 0.6 is 0 Å². The first-order valence-electron chi connectivity index (χ1n) is 7.50. The highest BCUT2D eigenvalue weighted by atomic mass is 16.5. The minimum atomic E-state index is -0.919. The Hall–Kier alpha value is -1.88. The fourth-order valence-electron chi connectivity index (χ4n) is 3.27. The van der Waals surface area contributed by atoms with E-state index in [-0.39, 0.29) is 25.0 Å². The molecule has 120 valence electrons. The number of likely N-dealkylation sites (tertiary alicyclic amines) is 1. The first-order chi connectivity index (χ1) is 10.5. The average molecular weight is 305 g/mol. The molecule has 5 nitrogen and oxygen atoms in total. The van der Waals surface area contributed by atoms with E-state index in [1.165, 1.54) is 7.11 Å². The summed E-state index contributed by atoms with van der Waals surface area (Å²) in [5.74, 6) is -1.04. The number of rotatable bonds is 5. The Morgan fingerprint density at radius 3 is 2.64 bits per heavy atom. The van der Waals surface area contributed by atoms with Crippen LogP contribution in [0.25, 0.3) is 0 Å². The summed E-state index contributed by atoms with van der Waals surface area (Å²) < 4.78 is 4.90. The molecule has 1 unspecified atom stereocenters. The van der Waals surface area contributed by atoms with Crippen LogP contribution in [0.1, 0.15) is 31.9 Å². The predicted molar refractivity (Wildman–Crippen MR) is 81.9 cm³/mol. The molecule has 5 heteroatoms. The fourth-order valence-corrected chi connectivity index (χ4v) is 3.27. The molecule has 0 saturated carbocycles. The van der Waals surface area contributed by atoms with Gasteiger partial charge < -0.3 is 14.7 Å². The van der Waals surface area contributed by atoms with Gasteiger partial charge in [-0.25, -0.2) is 0 Å². The van der Waals surface area contributed by atoms with Gasteiger partial charge in [0.1, 0.15) is 0 Å². The van der Waals surface area contributed by atoms with Crippen LogP contribution in [-0.2, 0) is 14.3 Å². The third-order valence-electron chi connectivity index (χ3n) is 4.67. The Morgan fingerprint density at radius 2 is 2.09 bits per heavy atom. The summed E-state index contributed by atoms with van der Waals surface area (Å²) in [5, 5.41) is 9.25. The number of ether oxygens (including phenoxy) is 1. The van der Waals surface area contributed by atoms with Gasteiger partial charge >= 0.3 is 5.97 Å². The third-order valence-corrected chi connectivity index (χ3v) is 4.67. The third kappa shape index (κ3) is 2.73. The molecule has 1 aliphatic heterocycles. The summed E-state index contributed by atoms with van der Waals surface area (Å²) >= 11 is 0. The van der Waals surface area contributed by atoms with Gasteiger partial charge in [0.05, 0.1) is 24.5 Å². The molecule has 1 heterocycles. The number of hydrogen-bond donors (Lipinski definition) is 1. The van der Waals surface area contributed by atoms with E-state index < -0.39 is 17.3 Å². The molecule has 1 N–H and O–H groups in total. The van der Waals surface area contributed by atoms with Crippen molar-refractivity contribution in [2.45, 2.75) is 26.3 Å². The van der Waals surface area contributed by atoms with E-state index >= 15 is 0 Å². The minimum Gasteiger partial charge on any atom is -0.469 e. The van der Waals surface area contributed by atoms with Crippen LogP contribution in [0, 0.1) is 11.3 Å². The number of benzene rings is 1. The lowest BCUT2D eigenvalue weighted by Crippen LogP contribution is -2.38. The molecular formula is C17H23NO4. The van der Waals surface area contributed by atoms with E-state index in [1.54, 1.807) is 11.8 Å². The Kier molecular flexibility index (Phi) is 4.86. The highest BCUT2D eigenvalue weighted by Crippen LogP contribution is 2.43. The van der Waals surface area contributed by atoms with Crippen LogP contribution < -0.4 is 0 Å². The molecule has 0 spiro atoms. The lowest BCUT2D eigenvalue weighted by atomic mass is 9.78. The molecule has 0 aromatic heterocycles. The number of carbonyl (C=O) groups is 2. The number of nitrogens with zero attached hydrogens (tertiary/aromatic N) is 1. The summed E-state index contributed by atoms with van der Waals surface area (Å²) in [6.07, 6.45) is 0.266. The molecule has 1 aromatic rings. The molecule has 2 rings (SSSR count).